The third kappa shape index (κ3) is 6.56. The number of unbranched alkanes of at least 4 members (excludes halogenated alkanes) is 5. The second-order valence-electron chi connectivity index (χ2n) is 5.20. The highest BCUT2D eigenvalue weighted by atomic mass is 79.9. The molecular weight excluding hydrogens is 316 g/mol. The number of ether oxygens (including phenoxy) is 1. The fraction of sp³-hybridized carbons (Fsp3) is 0.588. The third-order valence-corrected chi connectivity index (χ3v) is 4.05. The van der Waals surface area contributed by atoms with Crippen molar-refractivity contribution < 1.29 is 9.53 Å². The Hall–Kier alpha value is -0.830. The summed E-state index contributed by atoms with van der Waals surface area (Å²) in [5.74, 6) is 1.13. The van der Waals surface area contributed by atoms with Crippen molar-refractivity contribution in [2.75, 3.05) is 7.11 Å². The number of carbonyl (C=O) groups excluding carboxylic acids is 1. The van der Waals surface area contributed by atoms with Gasteiger partial charge in [-0.3, -0.25) is 4.79 Å². The molecule has 2 nitrogen and oxygen atoms in total. The standard InChI is InChI=1S/C17H25BrO2/c1-3-4-5-6-7-8-9-15(19)12-14-10-11-17(20-2)16(18)13-14/h10-11,13H,3-9,12H2,1-2H3. The number of carbonyl (C=O) groups is 1. The Morgan fingerprint density at radius 1 is 1.15 bits per heavy atom. The third-order valence-electron chi connectivity index (χ3n) is 3.43. The van der Waals surface area contributed by atoms with Crippen LogP contribution in [0.2, 0.25) is 0 Å². The molecule has 0 radical (unpaired) electrons. The molecule has 0 fully saturated rings. The zero-order chi connectivity index (χ0) is 14.8. The van der Waals surface area contributed by atoms with Gasteiger partial charge in [0.15, 0.2) is 0 Å². The Labute approximate surface area is 131 Å². The maximum Gasteiger partial charge on any atom is 0.137 e. The largest absolute Gasteiger partial charge is 0.496 e. The summed E-state index contributed by atoms with van der Waals surface area (Å²) >= 11 is 3.45. The molecule has 0 aliphatic carbocycles. The zero-order valence-corrected chi connectivity index (χ0v) is 14.2. The van der Waals surface area contributed by atoms with Crippen LogP contribution in [0.15, 0.2) is 22.7 Å². The molecule has 0 N–H and O–H groups in total. The molecule has 1 aromatic rings. The van der Waals surface area contributed by atoms with Gasteiger partial charge >= 0.3 is 0 Å². The van der Waals surface area contributed by atoms with E-state index in [4.69, 9.17) is 4.74 Å². The number of methoxy groups -OCH3 is 1. The average Bonchev–Trinajstić information content (AvgIpc) is 2.43. The topological polar surface area (TPSA) is 26.3 Å². The van der Waals surface area contributed by atoms with Crippen LogP contribution >= 0.6 is 15.9 Å². The summed E-state index contributed by atoms with van der Waals surface area (Å²) in [4.78, 5) is 11.9. The van der Waals surface area contributed by atoms with Crippen LogP contribution in [0, 0.1) is 0 Å². The van der Waals surface area contributed by atoms with Gasteiger partial charge in [-0.25, -0.2) is 0 Å². The van der Waals surface area contributed by atoms with Gasteiger partial charge in [-0.1, -0.05) is 45.1 Å². The molecule has 0 aliphatic heterocycles. The number of halogens is 1. The van der Waals surface area contributed by atoms with Gasteiger partial charge in [-0.05, 0) is 40.0 Å². The first-order valence-electron chi connectivity index (χ1n) is 7.51. The van der Waals surface area contributed by atoms with Crippen molar-refractivity contribution in [2.24, 2.45) is 0 Å². The fourth-order valence-corrected chi connectivity index (χ4v) is 2.83. The first kappa shape index (κ1) is 17.2. The number of hydrogen-bond donors (Lipinski definition) is 0. The molecule has 0 heterocycles. The Morgan fingerprint density at radius 3 is 2.50 bits per heavy atom. The van der Waals surface area contributed by atoms with Crippen LogP contribution in [0.25, 0.3) is 0 Å². The smallest absolute Gasteiger partial charge is 0.137 e. The molecule has 0 aliphatic rings. The number of rotatable bonds is 10. The van der Waals surface area contributed by atoms with Crippen LogP contribution < -0.4 is 4.74 Å². The van der Waals surface area contributed by atoms with Crippen molar-refractivity contribution in [3.05, 3.63) is 28.2 Å². The summed E-state index contributed by atoms with van der Waals surface area (Å²) in [6.45, 7) is 2.22. The van der Waals surface area contributed by atoms with Gasteiger partial charge in [0.25, 0.3) is 0 Å². The van der Waals surface area contributed by atoms with Crippen LogP contribution in [-0.4, -0.2) is 12.9 Å². The molecule has 3 heteroatoms. The second-order valence-corrected chi connectivity index (χ2v) is 6.06. The summed E-state index contributed by atoms with van der Waals surface area (Å²) in [5.41, 5.74) is 1.05. The van der Waals surface area contributed by atoms with E-state index in [0.29, 0.717) is 18.6 Å². The molecule has 0 spiro atoms. The molecule has 0 amide bonds. The summed E-state index contributed by atoms with van der Waals surface area (Å²) in [6, 6.07) is 5.83. The van der Waals surface area contributed by atoms with Crippen LogP contribution in [-0.2, 0) is 11.2 Å². The molecule has 1 rings (SSSR count). The Kier molecular flexibility index (Phi) is 8.59. The predicted octanol–water partition coefficient (Wildman–Crippen LogP) is 5.32. The lowest BCUT2D eigenvalue weighted by Crippen LogP contribution is -2.02. The molecular formula is C17H25BrO2. The van der Waals surface area contributed by atoms with E-state index in [1.54, 1.807) is 7.11 Å². The molecule has 0 saturated heterocycles. The van der Waals surface area contributed by atoms with Crippen molar-refractivity contribution in [1.29, 1.82) is 0 Å². The van der Waals surface area contributed by atoms with E-state index >= 15 is 0 Å². The van der Waals surface area contributed by atoms with E-state index in [0.717, 1.165) is 22.2 Å². The van der Waals surface area contributed by atoms with E-state index in [9.17, 15) is 4.79 Å². The van der Waals surface area contributed by atoms with E-state index in [2.05, 4.69) is 22.9 Å². The highest BCUT2D eigenvalue weighted by molar-refractivity contribution is 9.10. The minimum Gasteiger partial charge on any atom is -0.496 e. The van der Waals surface area contributed by atoms with E-state index < -0.39 is 0 Å². The highest BCUT2D eigenvalue weighted by Gasteiger charge is 2.06. The lowest BCUT2D eigenvalue weighted by Gasteiger charge is -2.06. The second kappa shape index (κ2) is 9.98. The summed E-state index contributed by atoms with van der Waals surface area (Å²) in [5, 5.41) is 0. The minimum atomic E-state index is 0.331. The van der Waals surface area contributed by atoms with Crippen LogP contribution in [0.3, 0.4) is 0 Å². The van der Waals surface area contributed by atoms with Crippen molar-refractivity contribution in [3.8, 4) is 5.75 Å². The van der Waals surface area contributed by atoms with E-state index in [1.165, 1.54) is 32.1 Å². The van der Waals surface area contributed by atoms with Crippen molar-refractivity contribution in [2.45, 2.75) is 58.3 Å². The van der Waals surface area contributed by atoms with Crippen molar-refractivity contribution in [1.82, 2.24) is 0 Å². The lowest BCUT2D eigenvalue weighted by atomic mass is 10.0. The van der Waals surface area contributed by atoms with Gasteiger partial charge in [0, 0.05) is 12.8 Å². The zero-order valence-electron chi connectivity index (χ0n) is 12.6. The molecule has 0 unspecified atom stereocenters. The van der Waals surface area contributed by atoms with E-state index in [-0.39, 0.29) is 0 Å². The van der Waals surface area contributed by atoms with Gasteiger partial charge in [0.05, 0.1) is 11.6 Å². The van der Waals surface area contributed by atoms with Gasteiger partial charge in [0.1, 0.15) is 11.5 Å². The first-order valence-corrected chi connectivity index (χ1v) is 8.30. The minimum absolute atomic E-state index is 0.331. The van der Waals surface area contributed by atoms with Gasteiger partial charge < -0.3 is 4.74 Å². The molecule has 0 atom stereocenters. The number of ketones is 1. The fourth-order valence-electron chi connectivity index (χ4n) is 2.24. The normalized spacial score (nSPS) is 10.6. The average molecular weight is 341 g/mol. The number of hydrogen-bond acceptors (Lipinski definition) is 2. The molecule has 0 saturated carbocycles. The maximum absolute atomic E-state index is 11.9. The Bertz CT molecular complexity index is 415. The SMILES string of the molecule is CCCCCCCCC(=O)Cc1ccc(OC)c(Br)c1. The highest BCUT2D eigenvalue weighted by Crippen LogP contribution is 2.25. The van der Waals surface area contributed by atoms with E-state index in [1.807, 2.05) is 18.2 Å². The van der Waals surface area contributed by atoms with Gasteiger partial charge in [0.2, 0.25) is 0 Å². The van der Waals surface area contributed by atoms with Crippen molar-refractivity contribution >= 4 is 21.7 Å². The molecule has 0 aromatic heterocycles. The number of benzene rings is 1. The van der Waals surface area contributed by atoms with Crippen molar-refractivity contribution in [3.63, 3.8) is 0 Å². The van der Waals surface area contributed by atoms with Crippen LogP contribution in [0.5, 0.6) is 5.75 Å². The van der Waals surface area contributed by atoms with Gasteiger partial charge in [-0.15, -0.1) is 0 Å². The summed E-state index contributed by atoms with van der Waals surface area (Å²) in [7, 11) is 1.64. The lowest BCUT2D eigenvalue weighted by molar-refractivity contribution is -0.118. The maximum atomic E-state index is 11.9. The Morgan fingerprint density at radius 2 is 1.85 bits per heavy atom. The molecule has 0 bridgehead atoms. The monoisotopic (exact) mass is 340 g/mol. The predicted molar refractivity (Wildman–Crippen MR) is 87.4 cm³/mol. The number of Topliss-reactive ketones (excluding diaryl/α,β-unsaturated/α-hetero) is 1. The first-order chi connectivity index (χ1) is 9.67. The molecule has 112 valence electrons. The molecule has 20 heavy (non-hydrogen) atoms. The summed E-state index contributed by atoms with van der Waals surface area (Å²) < 4.78 is 6.09. The summed E-state index contributed by atoms with van der Waals surface area (Å²) in [6.07, 6.45) is 8.58. The van der Waals surface area contributed by atoms with Crippen LogP contribution in [0.4, 0.5) is 0 Å². The quantitative estimate of drug-likeness (QED) is 0.538. The van der Waals surface area contributed by atoms with Gasteiger partial charge in [-0.2, -0.15) is 0 Å². The van der Waals surface area contributed by atoms with Crippen LogP contribution in [0.1, 0.15) is 57.4 Å². The Balaban J connectivity index is 2.26. The molecule has 1 aromatic carbocycles.